The summed E-state index contributed by atoms with van der Waals surface area (Å²) in [6.07, 6.45) is 0. The van der Waals surface area contributed by atoms with E-state index in [1.54, 1.807) is 18.2 Å². The minimum atomic E-state index is -0.604. The zero-order valence-corrected chi connectivity index (χ0v) is 12.3. The third-order valence-corrected chi connectivity index (χ3v) is 4.22. The maximum Gasteiger partial charge on any atom is 0.247 e. The van der Waals surface area contributed by atoms with Gasteiger partial charge in [-0.25, -0.2) is 4.39 Å². The lowest BCUT2D eigenvalue weighted by Crippen LogP contribution is -2.62. The van der Waals surface area contributed by atoms with Crippen molar-refractivity contribution in [1.29, 1.82) is 0 Å². The van der Waals surface area contributed by atoms with Crippen molar-refractivity contribution < 1.29 is 9.18 Å². The molecule has 0 atom stereocenters. The molecule has 3 nitrogen and oxygen atoms in total. The third-order valence-electron chi connectivity index (χ3n) is 3.60. The Labute approximate surface area is 115 Å². The van der Waals surface area contributed by atoms with Crippen molar-refractivity contribution in [1.82, 2.24) is 4.90 Å². The minimum absolute atomic E-state index is 0.0757. The van der Waals surface area contributed by atoms with Crippen LogP contribution in [-0.2, 0) is 4.79 Å². The van der Waals surface area contributed by atoms with E-state index in [9.17, 15) is 9.18 Å². The second-order valence-electron chi connectivity index (χ2n) is 5.01. The number of hydrogen-bond donors (Lipinski definition) is 0. The maximum absolute atomic E-state index is 14.1. The van der Waals surface area contributed by atoms with Crippen LogP contribution < -0.4 is 4.90 Å². The van der Waals surface area contributed by atoms with Gasteiger partial charge in [0, 0.05) is 13.1 Å². The molecule has 0 aromatic heterocycles. The van der Waals surface area contributed by atoms with E-state index in [4.69, 9.17) is 0 Å². The molecule has 1 amide bonds. The van der Waals surface area contributed by atoms with E-state index >= 15 is 0 Å². The fourth-order valence-corrected chi connectivity index (χ4v) is 2.41. The van der Waals surface area contributed by atoms with Gasteiger partial charge < -0.3 is 4.90 Å². The molecule has 1 aromatic rings. The van der Waals surface area contributed by atoms with Gasteiger partial charge in [-0.05, 0) is 49.0 Å². The summed E-state index contributed by atoms with van der Waals surface area (Å²) in [4.78, 5) is 15.9. The van der Waals surface area contributed by atoms with Crippen molar-refractivity contribution in [3.05, 3.63) is 28.5 Å². The van der Waals surface area contributed by atoms with Gasteiger partial charge in [0.1, 0.15) is 0 Å². The van der Waals surface area contributed by atoms with Crippen LogP contribution in [0.5, 0.6) is 0 Å². The fourth-order valence-electron chi connectivity index (χ4n) is 2.06. The Kier molecular flexibility index (Phi) is 3.47. The highest BCUT2D eigenvalue weighted by Gasteiger charge is 2.41. The quantitative estimate of drug-likeness (QED) is 0.795. The van der Waals surface area contributed by atoms with Crippen molar-refractivity contribution in [2.24, 2.45) is 0 Å². The number of likely N-dealkylation sites (N-methyl/N-ethyl adjacent to an activating group) is 1. The Hall–Kier alpha value is -0.940. The van der Waals surface area contributed by atoms with Crippen molar-refractivity contribution in [2.45, 2.75) is 19.4 Å². The van der Waals surface area contributed by atoms with Crippen LogP contribution in [0.3, 0.4) is 0 Å². The van der Waals surface area contributed by atoms with E-state index in [0.717, 1.165) is 6.54 Å². The normalized spacial score (nSPS) is 20.3. The summed E-state index contributed by atoms with van der Waals surface area (Å²) < 4.78 is 14.4. The molecule has 0 N–H and O–H groups in total. The number of piperazine rings is 1. The first-order valence-electron chi connectivity index (χ1n) is 5.83. The molecule has 1 aliphatic rings. The van der Waals surface area contributed by atoms with Gasteiger partial charge in [-0.3, -0.25) is 9.69 Å². The topological polar surface area (TPSA) is 23.6 Å². The highest BCUT2D eigenvalue weighted by atomic mass is 79.9. The Balaban J connectivity index is 2.40. The monoisotopic (exact) mass is 314 g/mol. The molecule has 18 heavy (non-hydrogen) atoms. The van der Waals surface area contributed by atoms with Crippen molar-refractivity contribution in [2.75, 3.05) is 25.0 Å². The van der Waals surface area contributed by atoms with Crippen LogP contribution in [0.25, 0.3) is 0 Å². The van der Waals surface area contributed by atoms with Crippen LogP contribution in [0.2, 0.25) is 0 Å². The second kappa shape index (κ2) is 4.63. The summed E-state index contributed by atoms with van der Waals surface area (Å²) in [6, 6.07) is 5.00. The second-order valence-corrected chi connectivity index (χ2v) is 5.86. The molecule has 2 rings (SSSR count). The Morgan fingerprint density at radius 3 is 2.67 bits per heavy atom. The SMILES string of the molecule is CN1CCN(c2cccc(Br)c2F)C(=O)C1(C)C. The molecule has 1 heterocycles. The molecule has 1 aliphatic heterocycles. The average Bonchev–Trinajstić information content (AvgIpc) is 2.32. The molecule has 0 aliphatic carbocycles. The van der Waals surface area contributed by atoms with Gasteiger partial charge in [0.2, 0.25) is 5.91 Å². The van der Waals surface area contributed by atoms with Gasteiger partial charge in [-0.2, -0.15) is 0 Å². The number of amides is 1. The highest BCUT2D eigenvalue weighted by Crippen LogP contribution is 2.30. The zero-order valence-electron chi connectivity index (χ0n) is 10.7. The summed E-state index contributed by atoms with van der Waals surface area (Å²) in [5, 5.41) is 0. The first-order valence-corrected chi connectivity index (χ1v) is 6.62. The molecule has 1 fully saturated rings. The van der Waals surface area contributed by atoms with E-state index in [2.05, 4.69) is 15.9 Å². The predicted molar refractivity (Wildman–Crippen MR) is 73.2 cm³/mol. The molecule has 0 radical (unpaired) electrons. The molecule has 0 unspecified atom stereocenters. The molecule has 98 valence electrons. The van der Waals surface area contributed by atoms with Gasteiger partial charge >= 0.3 is 0 Å². The van der Waals surface area contributed by atoms with E-state index in [1.807, 2.05) is 25.8 Å². The first kappa shape index (κ1) is 13.5. The highest BCUT2D eigenvalue weighted by molar-refractivity contribution is 9.10. The van der Waals surface area contributed by atoms with Gasteiger partial charge in [0.25, 0.3) is 0 Å². The van der Waals surface area contributed by atoms with Crippen LogP contribution in [0.4, 0.5) is 10.1 Å². The lowest BCUT2D eigenvalue weighted by molar-refractivity contribution is -0.130. The van der Waals surface area contributed by atoms with Crippen LogP contribution in [-0.4, -0.2) is 36.5 Å². The lowest BCUT2D eigenvalue weighted by Gasteiger charge is -2.44. The summed E-state index contributed by atoms with van der Waals surface area (Å²) in [5.74, 6) is -0.459. The van der Waals surface area contributed by atoms with E-state index in [0.29, 0.717) is 16.7 Å². The van der Waals surface area contributed by atoms with Crippen molar-refractivity contribution in [3.63, 3.8) is 0 Å². The zero-order chi connectivity index (χ0) is 13.5. The van der Waals surface area contributed by atoms with Gasteiger partial charge in [0.15, 0.2) is 5.82 Å². The van der Waals surface area contributed by atoms with Gasteiger partial charge in [0.05, 0.1) is 15.7 Å². The maximum atomic E-state index is 14.1. The number of rotatable bonds is 1. The van der Waals surface area contributed by atoms with Crippen LogP contribution in [0.15, 0.2) is 22.7 Å². The molecule has 0 bridgehead atoms. The Morgan fingerprint density at radius 1 is 1.33 bits per heavy atom. The van der Waals surface area contributed by atoms with Gasteiger partial charge in [-0.1, -0.05) is 6.07 Å². The minimum Gasteiger partial charge on any atom is -0.307 e. The van der Waals surface area contributed by atoms with Crippen molar-refractivity contribution >= 4 is 27.5 Å². The van der Waals surface area contributed by atoms with Crippen LogP contribution in [0, 0.1) is 5.82 Å². The molecule has 1 aromatic carbocycles. The third kappa shape index (κ3) is 2.06. The van der Waals surface area contributed by atoms with Crippen molar-refractivity contribution in [3.8, 4) is 0 Å². The van der Waals surface area contributed by atoms with E-state index < -0.39 is 5.54 Å². The number of benzene rings is 1. The molecule has 0 spiro atoms. The van der Waals surface area contributed by atoms with E-state index in [1.165, 1.54) is 4.90 Å². The molecular weight excluding hydrogens is 299 g/mol. The molecule has 1 saturated heterocycles. The average molecular weight is 315 g/mol. The molecule has 5 heteroatoms. The lowest BCUT2D eigenvalue weighted by atomic mass is 9.98. The largest absolute Gasteiger partial charge is 0.307 e. The number of anilines is 1. The smallest absolute Gasteiger partial charge is 0.247 e. The molecular formula is C13H16BrFN2O. The van der Waals surface area contributed by atoms with Gasteiger partial charge in [-0.15, -0.1) is 0 Å². The number of carbonyl (C=O) groups excluding carboxylic acids is 1. The fraction of sp³-hybridized carbons (Fsp3) is 0.462. The summed E-state index contributed by atoms with van der Waals surface area (Å²) in [6.45, 7) is 4.95. The predicted octanol–water partition coefficient (Wildman–Crippen LogP) is 2.65. The number of hydrogen-bond acceptors (Lipinski definition) is 2. The number of halogens is 2. The van der Waals surface area contributed by atoms with Crippen LogP contribution in [0.1, 0.15) is 13.8 Å². The van der Waals surface area contributed by atoms with E-state index in [-0.39, 0.29) is 11.7 Å². The summed E-state index contributed by atoms with van der Waals surface area (Å²) in [7, 11) is 1.91. The summed E-state index contributed by atoms with van der Waals surface area (Å²) in [5.41, 5.74) is -0.261. The number of carbonyl (C=O) groups is 1. The first-order chi connectivity index (χ1) is 8.35. The van der Waals surface area contributed by atoms with Crippen LogP contribution >= 0.6 is 15.9 Å². The Bertz CT molecular complexity index is 490. The molecule has 0 saturated carbocycles. The standard InChI is InChI=1S/C13H16BrFN2O/c1-13(2)12(18)17(8-7-16(13)3)10-6-4-5-9(14)11(10)15/h4-6H,7-8H2,1-3H3. The Morgan fingerprint density at radius 2 is 2.00 bits per heavy atom. The number of nitrogens with zero attached hydrogens (tertiary/aromatic N) is 2. The summed E-state index contributed by atoms with van der Waals surface area (Å²) >= 11 is 3.15.